The highest BCUT2D eigenvalue weighted by molar-refractivity contribution is 6.30. The van der Waals surface area contributed by atoms with Gasteiger partial charge in [0.05, 0.1) is 41.2 Å². The second kappa shape index (κ2) is 15.0. The lowest BCUT2D eigenvalue weighted by Crippen LogP contribution is -2.66. The fourth-order valence-corrected chi connectivity index (χ4v) is 13.8. The second-order valence-corrected chi connectivity index (χ2v) is 21.3. The molecule has 5 aliphatic carbocycles. The number of ketones is 1. The van der Waals surface area contributed by atoms with Crippen molar-refractivity contribution in [2.75, 3.05) is 13.1 Å². The number of carbonyl (C=O) groups is 4. The summed E-state index contributed by atoms with van der Waals surface area (Å²) < 4.78 is 6.17. The number of carboxylic acid groups (broad SMARTS) is 1. The van der Waals surface area contributed by atoms with E-state index in [4.69, 9.17) is 22.1 Å². The molecule has 2 unspecified atom stereocenters. The quantitative estimate of drug-likeness (QED) is 0.187. The number of pyridine rings is 1. The lowest BCUT2D eigenvalue weighted by molar-refractivity contribution is -0.235. The number of rotatable bonds is 11. The van der Waals surface area contributed by atoms with Crippen LogP contribution in [0, 0.1) is 56.2 Å². The highest BCUT2D eigenvalue weighted by Crippen LogP contribution is 2.77. The Balaban J connectivity index is 1.31. The van der Waals surface area contributed by atoms with Crippen LogP contribution in [0.1, 0.15) is 145 Å². The summed E-state index contributed by atoms with van der Waals surface area (Å²) in [5.41, 5.74) is 6.20. The smallest absolute Gasteiger partial charge is 0.309 e. The van der Waals surface area contributed by atoms with Gasteiger partial charge < -0.3 is 25.6 Å². The summed E-state index contributed by atoms with van der Waals surface area (Å²) in [6.07, 6.45) is 7.51. The van der Waals surface area contributed by atoms with Crippen LogP contribution in [0.2, 0.25) is 5.02 Å². The second-order valence-electron chi connectivity index (χ2n) is 20.9. The number of aliphatic hydroxyl groups is 1. The van der Waals surface area contributed by atoms with Crippen molar-refractivity contribution in [3.05, 3.63) is 40.2 Å². The molecule has 0 radical (unpaired) electrons. The normalized spacial score (nSPS) is 35.7. The molecule has 6 rings (SSSR count). The van der Waals surface area contributed by atoms with Crippen molar-refractivity contribution >= 4 is 35.2 Å². The van der Waals surface area contributed by atoms with Crippen molar-refractivity contribution in [2.45, 2.75) is 152 Å². The van der Waals surface area contributed by atoms with Crippen molar-refractivity contribution < 1.29 is 34.1 Å². The number of hydrogen-bond acceptors (Lipinski definition) is 8. The molecule has 1 amide bonds. The standard InChI is InChI=1S/C46H68ClN3O7/c1-26(2)38-31(51)21-46(34(52)25-50(36(53)23-48)27(3)30-13-11-28(47)24-49-30)20-19-44(9)29(39(38)46)12-14-33-43(8)17-16-35(57-37(54)22-41(4,5)40(55)56)42(6,7)32(43)15-18-45(33,44)10/h11,13,24,26-27,29,32-35,52H,12,14-23,25,48H2,1-10H3,(H,55,56)/t27-,29+,32-,33+,34?,35-,43-,44+,45+,46?/m0/s1. The number of halogens is 1. The third kappa shape index (κ3) is 6.89. The van der Waals surface area contributed by atoms with Gasteiger partial charge in [-0.2, -0.15) is 0 Å². The molecule has 57 heavy (non-hydrogen) atoms. The Hall–Kier alpha value is -2.82. The zero-order valence-electron chi connectivity index (χ0n) is 36.0. The Bertz CT molecular complexity index is 1810. The number of nitrogens with zero attached hydrogens (tertiary/aromatic N) is 2. The Labute approximate surface area is 345 Å². The van der Waals surface area contributed by atoms with Gasteiger partial charge in [0.25, 0.3) is 0 Å². The van der Waals surface area contributed by atoms with Crippen LogP contribution in [-0.4, -0.2) is 69.0 Å². The summed E-state index contributed by atoms with van der Waals surface area (Å²) in [6.45, 7) is 21.0. The number of fused-ring (bicyclic) bond motifs is 7. The SMILES string of the molecule is CC(C)C1=C2[C@H]3CC[C@@H]4[C@@]5(C)CC[C@H](OC(=O)CC(C)(C)C(=O)O)C(C)(C)[C@@H]5CC[C@@]4(C)[C@]3(C)CCC2(C(O)CN(C(=O)CN)[C@@H](C)c2ccc(Cl)cn2)CC1=O. The molecule has 1 aromatic heterocycles. The van der Waals surface area contributed by atoms with E-state index in [1.807, 2.05) is 6.92 Å². The van der Waals surface area contributed by atoms with E-state index in [0.717, 1.165) is 56.1 Å². The van der Waals surface area contributed by atoms with Gasteiger partial charge in [-0.3, -0.25) is 24.2 Å². The number of aliphatic carboxylic acids is 1. The third-order valence-electron chi connectivity index (χ3n) is 17.0. The molecular weight excluding hydrogens is 742 g/mol. The van der Waals surface area contributed by atoms with Crippen molar-refractivity contribution in [2.24, 2.45) is 61.9 Å². The molecule has 11 heteroatoms. The lowest BCUT2D eigenvalue weighted by Gasteiger charge is -2.72. The number of esters is 1. The average Bonchev–Trinajstić information content (AvgIpc) is 3.44. The molecule has 1 heterocycles. The van der Waals surface area contributed by atoms with Crippen LogP contribution in [0.5, 0.6) is 0 Å². The average molecular weight is 811 g/mol. The largest absolute Gasteiger partial charge is 0.481 e. The predicted molar refractivity (Wildman–Crippen MR) is 220 cm³/mol. The van der Waals surface area contributed by atoms with Gasteiger partial charge >= 0.3 is 11.9 Å². The summed E-state index contributed by atoms with van der Waals surface area (Å²) in [7, 11) is 0. The number of nitrogens with two attached hydrogens (primary N) is 1. The zero-order valence-corrected chi connectivity index (χ0v) is 36.8. The molecule has 0 saturated heterocycles. The van der Waals surface area contributed by atoms with Crippen LogP contribution in [-0.2, 0) is 23.9 Å². The topological polar surface area (TPSA) is 160 Å². The summed E-state index contributed by atoms with van der Waals surface area (Å²) >= 11 is 6.13. The van der Waals surface area contributed by atoms with Crippen LogP contribution >= 0.6 is 11.6 Å². The molecule has 316 valence electrons. The minimum Gasteiger partial charge on any atom is -0.481 e. The van der Waals surface area contributed by atoms with E-state index < -0.39 is 34.9 Å². The first-order chi connectivity index (χ1) is 26.4. The molecule has 4 saturated carbocycles. The maximum Gasteiger partial charge on any atom is 0.309 e. The fourth-order valence-electron chi connectivity index (χ4n) is 13.7. The molecular formula is C46H68ClN3O7. The highest BCUT2D eigenvalue weighted by Gasteiger charge is 2.71. The molecule has 10 nitrogen and oxygen atoms in total. The van der Waals surface area contributed by atoms with E-state index in [2.05, 4.69) is 53.5 Å². The Morgan fingerprint density at radius 1 is 0.982 bits per heavy atom. The summed E-state index contributed by atoms with van der Waals surface area (Å²) in [5, 5.41) is 22.7. The molecule has 4 fully saturated rings. The number of carboxylic acids is 1. The van der Waals surface area contributed by atoms with Crippen LogP contribution in [0.3, 0.4) is 0 Å². The molecule has 0 aliphatic heterocycles. The van der Waals surface area contributed by atoms with Crippen LogP contribution < -0.4 is 5.73 Å². The van der Waals surface area contributed by atoms with Gasteiger partial charge in [0, 0.05) is 30.0 Å². The van der Waals surface area contributed by atoms with E-state index in [-0.39, 0.29) is 77.2 Å². The van der Waals surface area contributed by atoms with Crippen LogP contribution in [0.25, 0.3) is 0 Å². The highest BCUT2D eigenvalue weighted by atomic mass is 35.5. The number of amides is 1. The number of allylic oxidation sites excluding steroid dienone is 1. The van der Waals surface area contributed by atoms with Gasteiger partial charge in [-0.25, -0.2) is 0 Å². The first-order valence-electron chi connectivity index (χ1n) is 21.4. The summed E-state index contributed by atoms with van der Waals surface area (Å²) in [5.74, 6) is -0.783. The maximum absolute atomic E-state index is 14.3. The first kappa shape index (κ1) is 43.8. The van der Waals surface area contributed by atoms with Crippen molar-refractivity contribution in [1.82, 2.24) is 9.88 Å². The fraction of sp³-hybridized carbons (Fsp3) is 0.761. The van der Waals surface area contributed by atoms with E-state index >= 15 is 0 Å². The number of Topliss-reactive ketones (excluding diaryl/α,β-unsaturated/α-hetero) is 1. The van der Waals surface area contributed by atoms with Crippen molar-refractivity contribution in [3.63, 3.8) is 0 Å². The van der Waals surface area contributed by atoms with Crippen molar-refractivity contribution in [1.29, 1.82) is 0 Å². The van der Waals surface area contributed by atoms with Gasteiger partial charge in [-0.05, 0) is 130 Å². The third-order valence-corrected chi connectivity index (χ3v) is 17.2. The van der Waals surface area contributed by atoms with Gasteiger partial charge in [-0.15, -0.1) is 0 Å². The molecule has 4 N–H and O–H groups in total. The molecule has 5 aliphatic rings. The van der Waals surface area contributed by atoms with E-state index in [0.29, 0.717) is 29.0 Å². The zero-order chi connectivity index (χ0) is 42.3. The minimum atomic E-state index is -1.19. The summed E-state index contributed by atoms with van der Waals surface area (Å²) in [6, 6.07) is 3.07. The molecule has 10 atom stereocenters. The first-order valence-corrected chi connectivity index (χ1v) is 21.8. The minimum absolute atomic E-state index is 0.00142. The number of aliphatic hydroxyl groups excluding tert-OH is 1. The van der Waals surface area contributed by atoms with Crippen LogP contribution in [0.15, 0.2) is 29.5 Å². The lowest BCUT2D eigenvalue weighted by atomic mass is 9.33. The van der Waals surface area contributed by atoms with Crippen molar-refractivity contribution in [3.8, 4) is 0 Å². The summed E-state index contributed by atoms with van der Waals surface area (Å²) in [4.78, 5) is 58.8. The number of aromatic nitrogens is 1. The van der Waals surface area contributed by atoms with E-state index in [9.17, 15) is 29.4 Å². The Morgan fingerprint density at radius 3 is 2.26 bits per heavy atom. The van der Waals surface area contributed by atoms with Gasteiger partial charge in [-0.1, -0.05) is 65.6 Å². The molecule has 0 spiro atoms. The Morgan fingerprint density at radius 2 is 1.67 bits per heavy atom. The monoisotopic (exact) mass is 809 g/mol. The van der Waals surface area contributed by atoms with Crippen LogP contribution in [0.4, 0.5) is 0 Å². The Kier molecular flexibility index (Phi) is 11.5. The van der Waals surface area contributed by atoms with Gasteiger partial charge in [0.15, 0.2) is 5.78 Å². The molecule has 0 aromatic carbocycles. The molecule has 1 aromatic rings. The number of ether oxygens (including phenoxy) is 1. The van der Waals surface area contributed by atoms with Gasteiger partial charge in [0.1, 0.15) is 6.10 Å². The molecule has 0 bridgehead atoms. The van der Waals surface area contributed by atoms with E-state index in [1.165, 1.54) is 0 Å². The number of hydrogen-bond donors (Lipinski definition) is 3. The predicted octanol–water partition coefficient (Wildman–Crippen LogP) is 8.34. The maximum atomic E-state index is 14.3. The van der Waals surface area contributed by atoms with E-state index in [1.54, 1.807) is 37.1 Å². The van der Waals surface area contributed by atoms with Gasteiger partial charge in [0.2, 0.25) is 5.91 Å². The number of carbonyl (C=O) groups excluding carboxylic acids is 3.